The third kappa shape index (κ3) is 29.0. The standard InChI is InChI=1S/C46H87O13P/c1-3-5-7-9-11-13-15-16-17-18-19-20-21-22-23-25-26-28-30-32-34-39(47)56-36-38(58-40(48)35-33-31-29-27-24-14-12-10-8-6-4-2)37-57-60(54,55)59-46-44(52)42(50)41(49)43(51)45(46)53/h10,12,38,41-46,49-53H,3-9,11,13-37H2,1-2H3,(H,54,55)/b12-10+/t38-,41?,42-,43?,44?,45?,46?/m1/s1. The molecule has 0 bridgehead atoms. The molecule has 6 unspecified atom stereocenters. The minimum absolute atomic E-state index is 0.0899. The summed E-state index contributed by atoms with van der Waals surface area (Å²) < 4.78 is 33.5. The van der Waals surface area contributed by atoms with Crippen molar-refractivity contribution in [2.45, 2.75) is 256 Å². The zero-order valence-corrected chi connectivity index (χ0v) is 38.4. The first kappa shape index (κ1) is 56.6. The Labute approximate surface area is 363 Å². The van der Waals surface area contributed by atoms with Crippen molar-refractivity contribution in [3.63, 3.8) is 0 Å². The van der Waals surface area contributed by atoms with Gasteiger partial charge in [-0.2, -0.15) is 0 Å². The zero-order chi connectivity index (χ0) is 44.3. The number of unbranched alkanes of at least 4 members (excludes halogenated alkanes) is 26. The fourth-order valence-electron chi connectivity index (χ4n) is 7.45. The number of ether oxygens (including phenoxy) is 2. The van der Waals surface area contributed by atoms with Gasteiger partial charge in [0, 0.05) is 12.8 Å². The molecule has 8 atom stereocenters. The molecule has 60 heavy (non-hydrogen) atoms. The summed E-state index contributed by atoms with van der Waals surface area (Å²) in [5, 5.41) is 50.1. The summed E-state index contributed by atoms with van der Waals surface area (Å²) in [6, 6.07) is 0. The van der Waals surface area contributed by atoms with Crippen LogP contribution in [-0.2, 0) is 32.7 Å². The average molecular weight is 879 g/mol. The molecule has 13 nitrogen and oxygen atoms in total. The van der Waals surface area contributed by atoms with Crippen molar-refractivity contribution in [2.24, 2.45) is 0 Å². The van der Waals surface area contributed by atoms with Crippen LogP contribution in [0.4, 0.5) is 0 Å². The predicted molar refractivity (Wildman–Crippen MR) is 235 cm³/mol. The molecule has 0 aromatic heterocycles. The van der Waals surface area contributed by atoms with E-state index in [1.165, 1.54) is 116 Å². The molecule has 1 fully saturated rings. The van der Waals surface area contributed by atoms with Crippen molar-refractivity contribution in [3.05, 3.63) is 12.2 Å². The van der Waals surface area contributed by atoms with Crippen molar-refractivity contribution in [1.29, 1.82) is 0 Å². The van der Waals surface area contributed by atoms with Crippen molar-refractivity contribution in [2.75, 3.05) is 13.2 Å². The predicted octanol–water partition coefficient (Wildman–Crippen LogP) is 9.45. The van der Waals surface area contributed by atoms with Gasteiger partial charge >= 0.3 is 19.8 Å². The van der Waals surface area contributed by atoms with E-state index < -0.39 is 75.7 Å². The van der Waals surface area contributed by atoms with E-state index in [4.69, 9.17) is 18.5 Å². The monoisotopic (exact) mass is 879 g/mol. The maximum absolute atomic E-state index is 12.8. The highest BCUT2D eigenvalue weighted by Crippen LogP contribution is 2.47. The number of esters is 2. The lowest BCUT2D eigenvalue weighted by Gasteiger charge is -2.41. The molecule has 14 heteroatoms. The molecular formula is C46H87O13P. The van der Waals surface area contributed by atoms with E-state index in [9.17, 15) is 44.6 Å². The summed E-state index contributed by atoms with van der Waals surface area (Å²) in [5.74, 6) is -1.10. The summed E-state index contributed by atoms with van der Waals surface area (Å²) in [7, 11) is -5.11. The Balaban J connectivity index is 2.37. The summed E-state index contributed by atoms with van der Waals surface area (Å²) in [6.07, 6.45) is 25.7. The number of hydrogen-bond donors (Lipinski definition) is 6. The Hall–Kier alpha value is -1.41. The number of carbonyl (C=O) groups is 2. The lowest BCUT2D eigenvalue weighted by Crippen LogP contribution is -2.64. The third-order valence-corrected chi connectivity index (χ3v) is 12.3. The van der Waals surface area contributed by atoms with Crippen LogP contribution in [0.15, 0.2) is 12.2 Å². The van der Waals surface area contributed by atoms with Crippen molar-refractivity contribution < 1.29 is 63.1 Å². The van der Waals surface area contributed by atoms with Crippen LogP contribution < -0.4 is 0 Å². The van der Waals surface area contributed by atoms with E-state index in [-0.39, 0.29) is 12.8 Å². The van der Waals surface area contributed by atoms with E-state index >= 15 is 0 Å². The smallest absolute Gasteiger partial charge is 0.462 e. The van der Waals surface area contributed by atoms with Crippen LogP contribution in [0.2, 0.25) is 0 Å². The van der Waals surface area contributed by atoms with Gasteiger partial charge in [-0.15, -0.1) is 0 Å². The molecule has 0 aromatic rings. The second-order valence-electron chi connectivity index (χ2n) is 17.0. The van der Waals surface area contributed by atoms with Crippen LogP contribution >= 0.6 is 7.82 Å². The summed E-state index contributed by atoms with van der Waals surface area (Å²) in [6.45, 7) is 3.27. The highest BCUT2D eigenvalue weighted by molar-refractivity contribution is 7.47. The Kier molecular flexibility index (Phi) is 34.9. The van der Waals surface area contributed by atoms with E-state index in [1.54, 1.807) is 0 Å². The fourth-order valence-corrected chi connectivity index (χ4v) is 8.42. The van der Waals surface area contributed by atoms with Crippen LogP contribution in [-0.4, -0.2) is 98.3 Å². The van der Waals surface area contributed by atoms with Gasteiger partial charge < -0.3 is 39.9 Å². The first-order valence-corrected chi connectivity index (χ1v) is 25.5. The average Bonchev–Trinajstić information content (AvgIpc) is 3.23. The second kappa shape index (κ2) is 37.0. The molecule has 6 N–H and O–H groups in total. The number of hydrogen-bond acceptors (Lipinski definition) is 12. The molecule has 0 saturated heterocycles. The molecule has 0 aromatic carbocycles. The SMILES string of the molecule is CCCC/C=C/CCCCCCCC(=O)O[C@H](COC(=O)CCCCCCCCCCCCCCCCCCCCCC)COP(=O)(O)OC1C(O)C(O)C(O)[C@@H](O)C1O. The number of aliphatic hydroxyl groups is 5. The summed E-state index contributed by atoms with van der Waals surface area (Å²) >= 11 is 0. The Morgan fingerprint density at radius 3 is 1.32 bits per heavy atom. The fraction of sp³-hybridized carbons (Fsp3) is 0.913. The molecule has 0 amide bonds. The molecular weight excluding hydrogens is 791 g/mol. The number of aliphatic hydroxyl groups excluding tert-OH is 5. The summed E-state index contributed by atoms with van der Waals surface area (Å²) in [5.41, 5.74) is 0. The molecule has 0 radical (unpaired) electrons. The van der Waals surface area contributed by atoms with E-state index in [0.717, 1.165) is 57.8 Å². The molecule has 1 aliphatic rings. The van der Waals surface area contributed by atoms with Crippen LogP contribution in [0.3, 0.4) is 0 Å². The number of rotatable bonds is 40. The Morgan fingerprint density at radius 1 is 0.500 bits per heavy atom. The van der Waals surface area contributed by atoms with Crippen LogP contribution in [0.25, 0.3) is 0 Å². The van der Waals surface area contributed by atoms with Gasteiger partial charge in [-0.3, -0.25) is 18.6 Å². The molecule has 0 heterocycles. The maximum Gasteiger partial charge on any atom is 0.472 e. The Bertz CT molecular complexity index is 1110. The molecule has 1 aliphatic carbocycles. The molecule has 0 spiro atoms. The molecule has 354 valence electrons. The normalized spacial score (nSPS) is 22.2. The van der Waals surface area contributed by atoms with Crippen LogP contribution in [0.5, 0.6) is 0 Å². The molecule has 0 aliphatic heterocycles. The highest BCUT2D eigenvalue weighted by atomic mass is 31.2. The number of allylic oxidation sites excluding steroid dienone is 2. The highest BCUT2D eigenvalue weighted by Gasteiger charge is 2.51. The number of phosphoric acid groups is 1. The van der Waals surface area contributed by atoms with Gasteiger partial charge in [-0.25, -0.2) is 4.57 Å². The van der Waals surface area contributed by atoms with Gasteiger partial charge in [0.25, 0.3) is 0 Å². The van der Waals surface area contributed by atoms with Gasteiger partial charge in [-0.05, 0) is 32.1 Å². The van der Waals surface area contributed by atoms with Crippen LogP contribution in [0, 0.1) is 0 Å². The minimum Gasteiger partial charge on any atom is -0.462 e. The zero-order valence-electron chi connectivity index (χ0n) is 37.5. The second-order valence-corrected chi connectivity index (χ2v) is 18.4. The topological polar surface area (TPSA) is 210 Å². The van der Waals surface area contributed by atoms with E-state index in [0.29, 0.717) is 12.8 Å². The quantitative estimate of drug-likeness (QED) is 0.0147. The molecule has 1 rings (SSSR count). The lowest BCUT2D eigenvalue weighted by atomic mass is 9.85. The first-order chi connectivity index (χ1) is 28.9. The largest absolute Gasteiger partial charge is 0.472 e. The van der Waals surface area contributed by atoms with Gasteiger partial charge in [0.05, 0.1) is 6.61 Å². The van der Waals surface area contributed by atoms with Crippen molar-refractivity contribution >= 4 is 19.8 Å². The van der Waals surface area contributed by atoms with Crippen molar-refractivity contribution in [1.82, 2.24) is 0 Å². The van der Waals surface area contributed by atoms with Crippen molar-refractivity contribution in [3.8, 4) is 0 Å². The third-order valence-electron chi connectivity index (χ3n) is 11.4. The van der Waals surface area contributed by atoms with Gasteiger partial charge in [0.2, 0.25) is 0 Å². The minimum atomic E-state index is -5.11. The van der Waals surface area contributed by atoms with Gasteiger partial charge in [-0.1, -0.05) is 180 Å². The number of phosphoric ester groups is 1. The van der Waals surface area contributed by atoms with E-state index in [1.807, 2.05) is 0 Å². The first-order valence-electron chi connectivity index (χ1n) is 24.0. The van der Waals surface area contributed by atoms with E-state index in [2.05, 4.69) is 26.0 Å². The van der Waals surface area contributed by atoms with Crippen LogP contribution in [0.1, 0.15) is 213 Å². The molecule has 1 saturated carbocycles. The Morgan fingerprint density at radius 2 is 0.867 bits per heavy atom. The maximum atomic E-state index is 12.8. The lowest BCUT2D eigenvalue weighted by molar-refractivity contribution is -0.220. The summed E-state index contributed by atoms with van der Waals surface area (Å²) in [4.78, 5) is 35.7. The van der Waals surface area contributed by atoms with Gasteiger partial charge in [0.1, 0.15) is 43.2 Å². The van der Waals surface area contributed by atoms with Gasteiger partial charge in [0.15, 0.2) is 6.10 Å². The number of carbonyl (C=O) groups excluding carboxylic acids is 2.